The summed E-state index contributed by atoms with van der Waals surface area (Å²) >= 11 is 0. The van der Waals surface area contributed by atoms with Crippen LogP contribution in [-0.2, 0) is 11.3 Å². The second kappa shape index (κ2) is 11.6. The van der Waals surface area contributed by atoms with Crippen molar-refractivity contribution in [2.75, 3.05) is 38.8 Å². The van der Waals surface area contributed by atoms with E-state index in [0.29, 0.717) is 6.61 Å². The molecule has 1 aliphatic rings. The van der Waals surface area contributed by atoms with Crippen LogP contribution in [0.5, 0.6) is 0 Å². The SMILES string of the molecule is CN=C(NCc1ccc(N2CCC(C)CC2)cc1)NC(C)COC.I. The number of piperidine rings is 1. The van der Waals surface area contributed by atoms with E-state index >= 15 is 0 Å². The summed E-state index contributed by atoms with van der Waals surface area (Å²) in [6.07, 6.45) is 2.59. The summed E-state index contributed by atoms with van der Waals surface area (Å²) < 4.78 is 5.14. The molecule has 0 saturated carbocycles. The molecule has 0 aromatic heterocycles. The van der Waals surface area contributed by atoms with Gasteiger partial charge < -0.3 is 20.3 Å². The standard InChI is InChI=1S/C19H32N4O.HI/c1-15-9-11-23(12-10-15)18-7-5-17(6-8-18)13-21-19(20-3)22-16(2)14-24-4;/h5-8,15-16H,9-14H2,1-4H3,(H2,20,21,22);1H. The highest BCUT2D eigenvalue weighted by Crippen LogP contribution is 2.23. The van der Waals surface area contributed by atoms with Gasteiger partial charge in [-0.25, -0.2) is 0 Å². The van der Waals surface area contributed by atoms with Crippen molar-refractivity contribution in [3.63, 3.8) is 0 Å². The van der Waals surface area contributed by atoms with Gasteiger partial charge in [-0.1, -0.05) is 19.1 Å². The molecule has 1 unspecified atom stereocenters. The first-order chi connectivity index (χ1) is 11.6. The summed E-state index contributed by atoms with van der Waals surface area (Å²) in [6, 6.07) is 9.09. The molecular weight excluding hydrogens is 427 g/mol. The number of rotatable bonds is 6. The Morgan fingerprint density at radius 3 is 2.48 bits per heavy atom. The number of ether oxygens (including phenoxy) is 1. The van der Waals surface area contributed by atoms with E-state index in [9.17, 15) is 0 Å². The van der Waals surface area contributed by atoms with E-state index in [0.717, 1.165) is 18.4 Å². The Morgan fingerprint density at radius 2 is 1.92 bits per heavy atom. The number of anilines is 1. The first-order valence-electron chi connectivity index (χ1n) is 8.92. The van der Waals surface area contributed by atoms with Crippen molar-refractivity contribution < 1.29 is 4.74 Å². The van der Waals surface area contributed by atoms with Gasteiger partial charge >= 0.3 is 0 Å². The van der Waals surface area contributed by atoms with Crippen molar-refractivity contribution in [1.82, 2.24) is 10.6 Å². The molecule has 1 fully saturated rings. The van der Waals surface area contributed by atoms with Gasteiger partial charge in [0.15, 0.2) is 5.96 Å². The van der Waals surface area contributed by atoms with Crippen molar-refractivity contribution in [3.05, 3.63) is 29.8 Å². The fourth-order valence-corrected chi connectivity index (χ4v) is 3.00. The fourth-order valence-electron chi connectivity index (χ4n) is 3.00. The lowest BCUT2D eigenvalue weighted by atomic mass is 9.99. The maximum absolute atomic E-state index is 5.14. The first-order valence-corrected chi connectivity index (χ1v) is 8.92. The van der Waals surface area contributed by atoms with Crippen LogP contribution in [0, 0.1) is 5.92 Å². The lowest BCUT2D eigenvalue weighted by Gasteiger charge is -2.32. The zero-order valence-electron chi connectivity index (χ0n) is 15.9. The number of hydrogen-bond acceptors (Lipinski definition) is 3. The Kier molecular flexibility index (Phi) is 10.2. The van der Waals surface area contributed by atoms with Crippen molar-refractivity contribution in [3.8, 4) is 0 Å². The summed E-state index contributed by atoms with van der Waals surface area (Å²) in [6.45, 7) is 8.19. The summed E-state index contributed by atoms with van der Waals surface area (Å²) in [7, 11) is 3.49. The summed E-state index contributed by atoms with van der Waals surface area (Å²) in [5, 5.41) is 6.66. The van der Waals surface area contributed by atoms with Crippen LogP contribution in [0.25, 0.3) is 0 Å². The normalized spacial score (nSPS) is 17.0. The Hall–Kier alpha value is -1.02. The largest absolute Gasteiger partial charge is 0.383 e. The highest BCUT2D eigenvalue weighted by Gasteiger charge is 2.15. The Balaban J connectivity index is 0.00000312. The van der Waals surface area contributed by atoms with E-state index < -0.39 is 0 Å². The minimum Gasteiger partial charge on any atom is -0.383 e. The van der Waals surface area contributed by atoms with E-state index in [2.05, 4.69) is 58.6 Å². The van der Waals surface area contributed by atoms with Gasteiger partial charge in [0.25, 0.3) is 0 Å². The van der Waals surface area contributed by atoms with Gasteiger partial charge in [-0.2, -0.15) is 0 Å². The average Bonchev–Trinajstić information content (AvgIpc) is 2.60. The lowest BCUT2D eigenvalue weighted by molar-refractivity contribution is 0.179. The number of guanidine groups is 1. The van der Waals surface area contributed by atoms with Crippen LogP contribution in [0.1, 0.15) is 32.3 Å². The van der Waals surface area contributed by atoms with E-state index in [1.807, 2.05) is 0 Å². The molecule has 2 N–H and O–H groups in total. The van der Waals surface area contributed by atoms with Crippen LogP contribution in [0.3, 0.4) is 0 Å². The second-order valence-electron chi connectivity index (χ2n) is 6.76. The maximum Gasteiger partial charge on any atom is 0.191 e. The number of halogens is 1. The van der Waals surface area contributed by atoms with Gasteiger partial charge in [0.1, 0.15) is 0 Å². The fraction of sp³-hybridized carbons (Fsp3) is 0.632. The van der Waals surface area contributed by atoms with E-state index in [1.165, 1.54) is 37.2 Å². The van der Waals surface area contributed by atoms with Gasteiger partial charge in [0.2, 0.25) is 0 Å². The van der Waals surface area contributed by atoms with Crippen molar-refractivity contribution >= 4 is 35.6 Å². The van der Waals surface area contributed by atoms with Crippen LogP contribution in [0.4, 0.5) is 5.69 Å². The summed E-state index contributed by atoms with van der Waals surface area (Å²) in [4.78, 5) is 6.74. The number of hydrogen-bond donors (Lipinski definition) is 2. The number of benzene rings is 1. The molecule has 25 heavy (non-hydrogen) atoms. The molecular formula is C19H33IN4O. The molecule has 0 spiro atoms. The molecule has 1 aliphatic heterocycles. The van der Waals surface area contributed by atoms with E-state index in [-0.39, 0.29) is 30.0 Å². The zero-order valence-corrected chi connectivity index (χ0v) is 18.2. The summed E-state index contributed by atoms with van der Waals surface area (Å²) in [5.41, 5.74) is 2.59. The topological polar surface area (TPSA) is 48.9 Å². The predicted molar refractivity (Wildman–Crippen MR) is 117 cm³/mol. The lowest BCUT2D eigenvalue weighted by Crippen LogP contribution is -2.43. The maximum atomic E-state index is 5.14. The number of nitrogens with one attached hydrogen (secondary N) is 2. The molecule has 1 heterocycles. The number of aliphatic imine (C=N–C) groups is 1. The molecule has 1 atom stereocenters. The third-order valence-electron chi connectivity index (χ3n) is 4.57. The molecule has 1 aromatic rings. The van der Waals surface area contributed by atoms with Gasteiger partial charge in [0.05, 0.1) is 6.61 Å². The van der Waals surface area contributed by atoms with Crippen LogP contribution >= 0.6 is 24.0 Å². The highest BCUT2D eigenvalue weighted by molar-refractivity contribution is 14.0. The van der Waals surface area contributed by atoms with Crippen LogP contribution in [0.2, 0.25) is 0 Å². The molecule has 142 valence electrons. The first kappa shape index (κ1) is 22.0. The van der Waals surface area contributed by atoms with Crippen molar-refractivity contribution in [1.29, 1.82) is 0 Å². The number of nitrogens with zero attached hydrogens (tertiary/aromatic N) is 2. The minimum absolute atomic E-state index is 0. The Bertz CT molecular complexity index is 513. The molecule has 0 aliphatic carbocycles. The monoisotopic (exact) mass is 460 g/mol. The van der Waals surface area contributed by atoms with E-state index in [4.69, 9.17) is 4.74 Å². The zero-order chi connectivity index (χ0) is 17.4. The van der Waals surface area contributed by atoms with Gasteiger partial charge in [0, 0.05) is 45.5 Å². The smallest absolute Gasteiger partial charge is 0.191 e. The summed E-state index contributed by atoms with van der Waals surface area (Å²) in [5.74, 6) is 1.66. The Morgan fingerprint density at radius 1 is 1.28 bits per heavy atom. The molecule has 0 bridgehead atoms. The van der Waals surface area contributed by atoms with Gasteiger partial charge in [-0.15, -0.1) is 24.0 Å². The van der Waals surface area contributed by atoms with Crippen LogP contribution in [-0.4, -0.2) is 45.9 Å². The van der Waals surface area contributed by atoms with Crippen LogP contribution in [0.15, 0.2) is 29.3 Å². The molecule has 0 radical (unpaired) electrons. The van der Waals surface area contributed by atoms with Crippen LogP contribution < -0.4 is 15.5 Å². The number of methoxy groups -OCH3 is 1. The average molecular weight is 460 g/mol. The molecule has 0 amide bonds. The van der Waals surface area contributed by atoms with Crippen molar-refractivity contribution in [2.45, 2.75) is 39.3 Å². The minimum atomic E-state index is 0. The third kappa shape index (κ3) is 7.40. The Labute approximate surface area is 169 Å². The van der Waals surface area contributed by atoms with Crippen molar-refractivity contribution in [2.24, 2.45) is 10.9 Å². The highest BCUT2D eigenvalue weighted by atomic mass is 127. The molecule has 6 heteroatoms. The third-order valence-corrected chi connectivity index (χ3v) is 4.57. The molecule has 2 rings (SSSR count). The molecule has 1 saturated heterocycles. The molecule has 1 aromatic carbocycles. The van der Waals surface area contributed by atoms with E-state index in [1.54, 1.807) is 14.2 Å². The second-order valence-corrected chi connectivity index (χ2v) is 6.76. The van der Waals surface area contributed by atoms with Gasteiger partial charge in [-0.05, 0) is 43.4 Å². The van der Waals surface area contributed by atoms with Gasteiger partial charge in [-0.3, -0.25) is 4.99 Å². The molecule has 5 nitrogen and oxygen atoms in total. The quantitative estimate of drug-likeness (QED) is 0.389. The predicted octanol–water partition coefficient (Wildman–Crippen LogP) is 3.24.